The van der Waals surface area contributed by atoms with E-state index >= 15 is 0 Å². The molecule has 0 aliphatic carbocycles. The van der Waals surface area contributed by atoms with Gasteiger partial charge in [-0.05, 0) is 45.7 Å². The molecule has 2 aromatic rings. The number of anilines is 1. The number of nitrogens with zero attached hydrogens (tertiary/aromatic N) is 3. The lowest BCUT2D eigenvalue weighted by atomic mass is 10.1. The van der Waals surface area contributed by atoms with E-state index in [-0.39, 0.29) is 11.4 Å². The lowest BCUT2D eigenvalue weighted by Crippen LogP contribution is -2.24. The molecule has 1 aromatic carbocycles. The summed E-state index contributed by atoms with van der Waals surface area (Å²) in [4.78, 5) is 0. The summed E-state index contributed by atoms with van der Waals surface area (Å²) in [6.45, 7) is 10.4. The fourth-order valence-corrected chi connectivity index (χ4v) is 2.28. The van der Waals surface area contributed by atoms with Gasteiger partial charge in [-0.25, -0.2) is 4.68 Å². The van der Waals surface area contributed by atoms with E-state index in [0.29, 0.717) is 18.0 Å². The molecule has 0 saturated heterocycles. The number of nitrogen functional groups attached to an aromatic ring is 1. The number of benzene rings is 1. The summed E-state index contributed by atoms with van der Waals surface area (Å²) in [5, 5.41) is 13.7. The molecule has 1 aromatic heterocycles. The van der Waals surface area contributed by atoms with Crippen molar-refractivity contribution in [3.05, 3.63) is 40.5 Å². The number of ether oxygens (including phenoxy) is 1. The predicted molar refractivity (Wildman–Crippen MR) is 86.6 cm³/mol. The Kier molecular flexibility index (Phi) is 4.14. The molecule has 0 radical (unpaired) electrons. The van der Waals surface area contributed by atoms with E-state index in [1.165, 1.54) is 5.56 Å². The maximum atomic E-state index is 9.30. The van der Waals surface area contributed by atoms with Gasteiger partial charge in [0.1, 0.15) is 18.5 Å². The molecule has 0 atom stereocenters. The maximum Gasteiger partial charge on any atom is 0.253 e. The van der Waals surface area contributed by atoms with Crippen molar-refractivity contribution < 1.29 is 4.74 Å². The Hall–Kier alpha value is -2.48. The summed E-state index contributed by atoms with van der Waals surface area (Å²) in [5.41, 5.74) is 9.43. The van der Waals surface area contributed by atoms with Crippen LogP contribution in [0.25, 0.3) is 0 Å². The van der Waals surface area contributed by atoms with E-state index in [0.717, 1.165) is 11.1 Å². The van der Waals surface area contributed by atoms with Crippen LogP contribution < -0.4 is 10.5 Å². The maximum absolute atomic E-state index is 9.30. The Morgan fingerprint density at radius 3 is 2.55 bits per heavy atom. The fraction of sp³-hybridized carbons (Fsp3) is 0.412. The van der Waals surface area contributed by atoms with Crippen LogP contribution in [0.3, 0.4) is 0 Å². The highest BCUT2D eigenvalue weighted by atomic mass is 16.5. The van der Waals surface area contributed by atoms with Crippen LogP contribution in [-0.4, -0.2) is 9.78 Å². The number of aryl methyl sites for hydroxylation is 2. The molecule has 0 unspecified atom stereocenters. The van der Waals surface area contributed by atoms with Crippen LogP contribution in [0, 0.1) is 25.2 Å². The largest absolute Gasteiger partial charge is 0.471 e. The van der Waals surface area contributed by atoms with Crippen LogP contribution >= 0.6 is 0 Å². The van der Waals surface area contributed by atoms with Gasteiger partial charge in [0.2, 0.25) is 0 Å². The molecule has 116 valence electrons. The molecule has 0 saturated carbocycles. The Labute approximate surface area is 131 Å². The molecule has 22 heavy (non-hydrogen) atoms. The van der Waals surface area contributed by atoms with Crippen molar-refractivity contribution >= 4 is 5.82 Å². The average molecular weight is 298 g/mol. The van der Waals surface area contributed by atoms with Crippen molar-refractivity contribution in [1.29, 1.82) is 5.26 Å². The van der Waals surface area contributed by atoms with Gasteiger partial charge in [-0.1, -0.05) is 23.8 Å². The highest BCUT2D eigenvalue weighted by molar-refractivity contribution is 5.55. The second kappa shape index (κ2) is 5.72. The van der Waals surface area contributed by atoms with Crippen molar-refractivity contribution in [1.82, 2.24) is 9.78 Å². The lowest BCUT2D eigenvalue weighted by molar-refractivity contribution is 0.276. The number of nitriles is 1. The molecular weight excluding hydrogens is 276 g/mol. The molecule has 5 heteroatoms. The predicted octanol–water partition coefficient (Wildman–Crippen LogP) is 3.29. The molecule has 0 aliphatic rings. The summed E-state index contributed by atoms with van der Waals surface area (Å²) in [5.74, 6) is 0.625. The van der Waals surface area contributed by atoms with Crippen LogP contribution in [-0.2, 0) is 12.1 Å². The first kappa shape index (κ1) is 15.9. The van der Waals surface area contributed by atoms with Crippen molar-refractivity contribution in [2.24, 2.45) is 0 Å². The molecule has 2 N–H and O–H groups in total. The molecule has 0 amide bonds. The topological polar surface area (TPSA) is 76.9 Å². The second-order valence-electron chi connectivity index (χ2n) is 6.48. The summed E-state index contributed by atoms with van der Waals surface area (Å²) in [6.07, 6.45) is 0. The molecule has 0 bridgehead atoms. The third-order valence-corrected chi connectivity index (χ3v) is 3.50. The van der Waals surface area contributed by atoms with Crippen molar-refractivity contribution in [3.8, 4) is 11.9 Å². The van der Waals surface area contributed by atoms with Gasteiger partial charge in [0.05, 0.1) is 5.54 Å². The zero-order chi connectivity index (χ0) is 16.5. The molecule has 2 rings (SSSR count). The Balaban J connectivity index is 2.29. The molecular formula is C17H22N4O. The first-order chi connectivity index (χ1) is 10.2. The van der Waals surface area contributed by atoms with Gasteiger partial charge >= 0.3 is 0 Å². The molecule has 5 nitrogen and oxygen atoms in total. The van der Waals surface area contributed by atoms with Crippen molar-refractivity contribution in [2.45, 2.75) is 46.8 Å². The minimum atomic E-state index is -0.308. The van der Waals surface area contributed by atoms with Crippen LogP contribution in [0.15, 0.2) is 18.2 Å². The average Bonchev–Trinajstić information content (AvgIpc) is 2.74. The molecule has 0 fully saturated rings. The van der Waals surface area contributed by atoms with Gasteiger partial charge in [0.25, 0.3) is 5.88 Å². The highest BCUT2D eigenvalue weighted by Gasteiger charge is 2.24. The van der Waals surface area contributed by atoms with E-state index in [9.17, 15) is 5.26 Å². The summed E-state index contributed by atoms with van der Waals surface area (Å²) in [7, 11) is 0. The van der Waals surface area contributed by atoms with Crippen LogP contribution in [0.4, 0.5) is 5.82 Å². The van der Waals surface area contributed by atoms with Gasteiger partial charge in [-0.3, -0.25) is 0 Å². The summed E-state index contributed by atoms with van der Waals surface area (Å²) in [6, 6.07) is 8.26. The van der Waals surface area contributed by atoms with E-state index in [1.807, 2.05) is 39.8 Å². The fourth-order valence-electron chi connectivity index (χ4n) is 2.28. The number of aromatic nitrogens is 2. The van der Waals surface area contributed by atoms with Crippen LogP contribution in [0.2, 0.25) is 0 Å². The summed E-state index contributed by atoms with van der Waals surface area (Å²) >= 11 is 0. The van der Waals surface area contributed by atoms with Crippen molar-refractivity contribution in [3.63, 3.8) is 0 Å². The number of rotatable bonds is 3. The molecule has 0 spiro atoms. The Morgan fingerprint density at radius 2 is 2.00 bits per heavy atom. The van der Waals surface area contributed by atoms with Crippen molar-refractivity contribution in [2.75, 3.05) is 5.73 Å². The molecule has 0 aliphatic heterocycles. The van der Waals surface area contributed by atoms with Gasteiger partial charge in [0, 0.05) is 0 Å². The summed E-state index contributed by atoms with van der Waals surface area (Å²) < 4.78 is 7.38. The zero-order valence-electron chi connectivity index (χ0n) is 13.8. The van der Waals surface area contributed by atoms with Crippen LogP contribution in [0.1, 0.15) is 43.0 Å². The highest BCUT2D eigenvalue weighted by Crippen LogP contribution is 2.29. The minimum absolute atomic E-state index is 0.287. The Morgan fingerprint density at radius 1 is 1.32 bits per heavy atom. The van der Waals surface area contributed by atoms with E-state index in [2.05, 4.69) is 24.2 Å². The van der Waals surface area contributed by atoms with E-state index < -0.39 is 0 Å². The monoisotopic (exact) mass is 298 g/mol. The van der Waals surface area contributed by atoms with Crippen LogP contribution in [0.5, 0.6) is 5.88 Å². The van der Waals surface area contributed by atoms with Gasteiger partial charge in [-0.2, -0.15) is 5.26 Å². The van der Waals surface area contributed by atoms with E-state index in [1.54, 1.807) is 4.68 Å². The number of hydrogen-bond donors (Lipinski definition) is 1. The van der Waals surface area contributed by atoms with Gasteiger partial charge < -0.3 is 10.5 Å². The molecule has 1 heterocycles. The van der Waals surface area contributed by atoms with Gasteiger partial charge in [-0.15, -0.1) is 5.10 Å². The quantitative estimate of drug-likeness (QED) is 0.943. The number of hydrogen-bond acceptors (Lipinski definition) is 4. The minimum Gasteiger partial charge on any atom is -0.471 e. The SMILES string of the molecule is Cc1ccc(COc2nn(C(C)(C)C)c(N)c2C#N)c(C)c1. The number of nitrogens with two attached hydrogens (primary N) is 1. The normalized spacial score (nSPS) is 11.3. The smallest absolute Gasteiger partial charge is 0.253 e. The van der Waals surface area contributed by atoms with E-state index in [4.69, 9.17) is 10.5 Å². The Bertz CT molecular complexity index is 732. The lowest BCUT2D eigenvalue weighted by Gasteiger charge is -2.20. The third-order valence-electron chi connectivity index (χ3n) is 3.50. The standard InChI is InChI=1S/C17H22N4O/c1-11-6-7-13(12(2)8-11)10-22-16-14(9-18)15(19)21(20-16)17(3,4)5/h6-8H,10,19H2,1-5H3. The zero-order valence-corrected chi connectivity index (χ0v) is 13.8. The first-order valence-corrected chi connectivity index (χ1v) is 7.22. The van der Waals surface area contributed by atoms with Gasteiger partial charge in [0.15, 0.2) is 5.56 Å². The first-order valence-electron chi connectivity index (χ1n) is 7.22. The third kappa shape index (κ3) is 3.06. The second-order valence-corrected chi connectivity index (χ2v) is 6.48.